The van der Waals surface area contributed by atoms with Gasteiger partial charge in [-0.2, -0.15) is 0 Å². The lowest BCUT2D eigenvalue weighted by molar-refractivity contribution is -0.714. The molecule has 1 aromatic heterocycles. The van der Waals surface area contributed by atoms with Gasteiger partial charge in [-0.15, -0.1) is 4.68 Å². The highest BCUT2D eigenvalue weighted by atomic mass is 32.1. The third-order valence-corrected chi connectivity index (χ3v) is 3.63. The van der Waals surface area contributed by atoms with Crippen LogP contribution < -0.4 is 9.58 Å². The minimum Gasteiger partial charge on any atom is -0.377 e. The lowest BCUT2D eigenvalue weighted by atomic mass is 10.1. The summed E-state index contributed by atoms with van der Waals surface area (Å²) in [6, 6.07) is 6.06. The Kier molecular flexibility index (Phi) is 3.90. The molecule has 0 aliphatic heterocycles. The molecule has 2 aromatic rings. The lowest BCUT2D eigenvalue weighted by Gasteiger charge is -2.14. The first-order valence-corrected chi connectivity index (χ1v) is 6.82. The van der Waals surface area contributed by atoms with Gasteiger partial charge in [-0.25, -0.2) is 0 Å². The summed E-state index contributed by atoms with van der Waals surface area (Å²) in [6.45, 7) is 4.03. The van der Waals surface area contributed by atoms with Gasteiger partial charge in [0.1, 0.15) is 17.7 Å². The Morgan fingerprint density at radius 3 is 2.47 bits per heavy atom. The van der Waals surface area contributed by atoms with Crippen LogP contribution in [0.4, 0.5) is 16.5 Å². The molecule has 1 heterocycles. The third-order valence-electron chi connectivity index (χ3n) is 2.72. The molecular formula is C13H18N5S+. The molecule has 0 unspecified atom stereocenters. The average molecular weight is 276 g/mol. The van der Waals surface area contributed by atoms with Crippen LogP contribution in [-0.4, -0.2) is 19.2 Å². The van der Waals surface area contributed by atoms with E-state index in [4.69, 9.17) is 0 Å². The molecule has 0 radical (unpaired) electrons. The highest BCUT2D eigenvalue weighted by Crippen LogP contribution is 2.25. The number of rotatable bonds is 3. The molecule has 5 nitrogen and oxygen atoms in total. The van der Waals surface area contributed by atoms with E-state index in [2.05, 4.69) is 33.2 Å². The summed E-state index contributed by atoms with van der Waals surface area (Å²) in [5.41, 5.74) is 3.23. The maximum Gasteiger partial charge on any atom is 0.430 e. The van der Waals surface area contributed by atoms with Crippen LogP contribution in [0.2, 0.25) is 0 Å². The third kappa shape index (κ3) is 3.14. The van der Waals surface area contributed by atoms with E-state index in [9.17, 15) is 0 Å². The summed E-state index contributed by atoms with van der Waals surface area (Å²) in [6.07, 6.45) is 0. The largest absolute Gasteiger partial charge is 0.430 e. The SMILES string of the molecule is Cc1n[n+](C)c(N=Nc2ccc(N(C)C)c(C)c2)s1. The predicted octanol–water partition coefficient (Wildman–Crippen LogP) is 3.07. The Balaban J connectivity index is 2.24. The van der Waals surface area contributed by atoms with E-state index in [1.54, 1.807) is 4.68 Å². The van der Waals surface area contributed by atoms with Crippen molar-refractivity contribution in [2.45, 2.75) is 13.8 Å². The van der Waals surface area contributed by atoms with Gasteiger partial charge in [-0.3, -0.25) is 0 Å². The van der Waals surface area contributed by atoms with Crippen molar-refractivity contribution >= 4 is 27.8 Å². The van der Waals surface area contributed by atoms with Crippen LogP contribution in [-0.2, 0) is 7.05 Å². The first-order chi connectivity index (χ1) is 8.97. The van der Waals surface area contributed by atoms with Crippen LogP contribution in [0.1, 0.15) is 10.6 Å². The fraction of sp³-hybridized carbons (Fsp3) is 0.385. The van der Waals surface area contributed by atoms with E-state index in [-0.39, 0.29) is 0 Å². The Morgan fingerprint density at radius 2 is 1.95 bits per heavy atom. The Hall–Kier alpha value is -1.82. The number of hydrogen-bond donors (Lipinski definition) is 0. The first-order valence-electron chi connectivity index (χ1n) is 6.01. The van der Waals surface area contributed by atoms with Crippen molar-refractivity contribution in [2.24, 2.45) is 17.3 Å². The maximum absolute atomic E-state index is 4.27. The monoisotopic (exact) mass is 276 g/mol. The molecule has 0 N–H and O–H groups in total. The molecule has 0 saturated carbocycles. The molecule has 0 aliphatic carbocycles. The number of hydrogen-bond acceptors (Lipinski definition) is 5. The van der Waals surface area contributed by atoms with Crippen molar-refractivity contribution in [3.05, 3.63) is 28.8 Å². The fourth-order valence-electron chi connectivity index (χ4n) is 1.86. The number of aryl methyl sites for hydroxylation is 3. The molecule has 0 saturated heterocycles. The highest BCUT2D eigenvalue weighted by molar-refractivity contribution is 7.14. The van der Waals surface area contributed by atoms with Gasteiger partial charge < -0.3 is 4.90 Å². The van der Waals surface area contributed by atoms with Gasteiger partial charge in [0.25, 0.3) is 0 Å². The van der Waals surface area contributed by atoms with Crippen LogP contribution in [0, 0.1) is 13.8 Å². The van der Waals surface area contributed by atoms with Crippen LogP contribution >= 0.6 is 11.3 Å². The van der Waals surface area contributed by atoms with Crippen molar-refractivity contribution in [3.8, 4) is 0 Å². The summed E-state index contributed by atoms with van der Waals surface area (Å²) in [5.74, 6) is 0. The minimum absolute atomic E-state index is 0.798. The minimum atomic E-state index is 0.798. The van der Waals surface area contributed by atoms with Crippen molar-refractivity contribution in [1.82, 2.24) is 5.10 Å². The summed E-state index contributed by atoms with van der Waals surface area (Å²) in [4.78, 5) is 2.09. The summed E-state index contributed by atoms with van der Waals surface area (Å²) in [7, 11) is 5.94. The maximum atomic E-state index is 4.27. The Morgan fingerprint density at radius 1 is 1.21 bits per heavy atom. The number of azo groups is 1. The van der Waals surface area contributed by atoms with E-state index >= 15 is 0 Å². The quantitative estimate of drug-likeness (QED) is 0.639. The molecular weight excluding hydrogens is 258 g/mol. The molecule has 19 heavy (non-hydrogen) atoms. The lowest BCUT2D eigenvalue weighted by Crippen LogP contribution is -2.29. The van der Waals surface area contributed by atoms with Crippen LogP contribution in [0.3, 0.4) is 0 Å². The standard InChI is InChI=1S/C13H18N5S/c1-9-8-11(6-7-12(9)17(3)4)14-15-13-18(5)16-10(2)19-13/h6-8H,1-5H3/q+1. The molecule has 0 amide bonds. The van der Waals surface area contributed by atoms with Gasteiger partial charge in [0.2, 0.25) is 0 Å². The smallest absolute Gasteiger partial charge is 0.377 e. The topological polar surface area (TPSA) is 44.7 Å². The van der Waals surface area contributed by atoms with Gasteiger partial charge in [0.05, 0.1) is 5.11 Å². The van der Waals surface area contributed by atoms with Crippen LogP contribution in [0.25, 0.3) is 0 Å². The summed E-state index contributed by atoms with van der Waals surface area (Å²) < 4.78 is 1.74. The van der Waals surface area contributed by atoms with Crippen LogP contribution in [0.5, 0.6) is 0 Å². The molecule has 0 fully saturated rings. The molecule has 6 heteroatoms. The van der Waals surface area contributed by atoms with Gasteiger partial charge in [-0.05, 0) is 54.1 Å². The molecule has 0 bridgehead atoms. The number of anilines is 1. The van der Waals surface area contributed by atoms with Crippen LogP contribution in [0.15, 0.2) is 28.4 Å². The molecule has 0 atom stereocenters. The Bertz CT molecular complexity index is 615. The zero-order chi connectivity index (χ0) is 14.0. The van der Waals surface area contributed by atoms with E-state index in [1.807, 2.05) is 40.2 Å². The van der Waals surface area contributed by atoms with Gasteiger partial charge in [0, 0.05) is 19.8 Å². The van der Waals surface area contributed by atoms with Crippen molar-refractivity contribution in [2.75, 3.05) is 19.0 Å². The summed E-state index contributed by atoms with van der Waals surface area (Å²) in [5, 5.41) is 14.5. The first kappa shape index (κ1) is 13.6. The molecule has 2 rings (SSSR count). The Labute approximate surface area is 117 Å². The van der Waals surface area contributed by atoms with Gasteiger partial charge >= 0.3 is 5.13 Å². The van der Waals surface area contributed by atoms with E-state index in [0.717, 1.165) is 15.8 Å². The number of benzene rings is 1. The second-order valence-corrected chi connectivity index (χ2v) is 5.75. The zero-order valence-corrected chi connectivity index (χ0v) is 12.7. The highest BCUT2D eigenvalue weighted by Gasteiger charge is 2.12. The molecule has 0 aliphatic rings. The van der Waals surface area contributed by atoms with Crippen molar-refractivity contribution in [1.29, 1.82) is 0 Å². The number of aromatic nitrogens is 2. The van der Waals surface area contributed by atoms with E-state index in [0.29, 0.717) is 0 Å². The molecule has 1 aromatic carbocycles. The van der Waals surface area contributed by atoms with E-state index < -0.39 is 0 Å². The second-order valence-electron chi connectivity index (χ2n) is 4.59. The van der Waals surface area contributed by atoms with E-state index in [1.165, 1.54) is 22.6 Å². The van der Waals surface area contributed by atoms with Crippen molar-refractivity contribution < 1.29 is 4.68 Å². The number of nitrogens with zero attached hydrogens (tertiary/aromatic N) is 5. The second kappa shape index (κ2) is 5.44. The van der Waals surface area contributed by atoms with Gasteiger partial charge in [-0.1, -0.05) is 5.10 Å². The molecule has 0 spiro atoms. The van der Waals surface area contributed by atoms with Gasteiger partial charge in [0.15, 0.2) is 0 Å². The summed E-state index contributed by atoms with van der Waals surface area (Å²) >= 11 is 1.53. The normalized spacial score (nSPS) is 11.2. The molecule has 100 valence electrons. The zero-order valence-electron chi connectivity index (χ0n) is 11.9. The van der Waals surface area contributed by atoms with Crippen molar-refractivity contribution in [3.63, 3.8) is 0 Å². The predicted molar refractivity (Wildman–Crippen MR) is 77.7 cm³/mol. The fourth-order valence-corrected chi connectivity index (χ4v) is 2.54. The average Bonchev–Trinajstić information content (AvgIpc) is 2.65.